The van der Waals surface area contributed by atoms with E-state index in [9.17, 15) is 14.0 Å². The zero-order valence-electron chi connectivity index (χ0n) is 21.0. The predicted octanol–water partition coefficient (Wildman–Crippen LogP) is 3.89. The second kappa shape index (κ2) is 11.5. The van der Waals surface area contributed by atoms with Crippen LogP contribution in [0.25, 0.3) is 0 Å². The van der Waals surface area contributed by atoms with E-state index in [0.29, 0.717) is 23.6 Å². The zero-order chi connectivity index (χ0) is 25.7. The van der Waals surface area contributed by atoms with E-state index in [1.807, 2.05) is 25.5 Å². The second-order valence-corrected chi connectivity index (χ2v) is 8.85. The summed E-state index contributed by atoms with van der Waals surface area (Å²) in [4.78, 5) is 22.8. The van der Waals surface area contributed by atoms with Gasteiger partial charge in [0.15, 0.2) is 0 Å². The second-order valence-electron chi connectivity index (χ2n) is 8.85. The van der Waals surface area contributed by atoms with Crippen LogP contribution >= 0.6 is 0 Å². The first-order valence-corrected chi connectivity index (χ1v) is 11.6. The summed E-state index contributed by atoms with van der Waals surface area (Å²) in [6.07, 6.45) is -0.889. The smallest absolute Gasteiger partial charge is 0.302 e. The number of carbonyl (C=O) groups excluding carboxylic acids is 2. The quantitative estimate of drug-likeness (QED) is 0.487. The fraction of sp³-hybridized carbons (Fsp3) is 0.560. The Bertz CT molecular complexity index is 1050. The van der Waals surface area contributed by atoms with Gasteiger partial charge < -0.3 is 23.7 Å². The van der Waals surface area contributed by atoms with Gasteiger partial charge in [0.1, 0.15) is 24.3 Å². The predicted molar refractivity (Wildman–Crippen MR) is 124 cm³/mol. The van der Waals surface area contributed by atoms with Crippen LogP contribution < -0.4 is 9.47 Å². The minimum atomic E-state index is -0.803. The highest BCUT2D eigenvalue weighted by molar-refractivity contribution is 5.66. The van der Waals surface area contributed by atoms with Crippen LogP contribution in [0.5, 0.6) is 11.6 Å². The van der Waals surface area contributed by atoms with Crippen molar-refractivity contribution in [3.8, 4) is 11.6 Å². The van der Waals surface area contributed by atoms with Crippen molar-refractivity contribution in [2.24, 2.45) is 0 Å². The maximum Gasteiger partial charge on any atom is 0.302 e. The lowest BCUT2D eigenvalue weighted by Crippen LogP contribution is -2.42. The number of methoxy groups -OCH3 is 1. The van der Waals surface area contributed by atoms with E-state index in [4.69, 9.17) is 23.7 Å². The van der Waals surface area contributed by atoms with Crippen molar-refractivity contribution in [3.63, 3.8) is 0 Å². The molecular formula is C25H33FN2O7. The van der Waals surface area contributed by atoms with Crippen LogP contribution in [-0.4, -0.2) is 53.9 Å². The van der Waals surface area contributed by atoms with Crippen molar-refractivity contribution in [1.29, 1.82) is 0 Å². The summed E-state index contributed by atoms with van der Waals surface area (Å²) in [5.74, 6) is -0.500. The Hall–Kier alpha value is -3.14. The molecule has 2 aromatic rings. The van der Waals surface area contributed by atoms with Gasteiger partial charge in [0, 0.05) is 56.5 Å². The minimum absolute atomic E-state index is 0.0103. The molecule has 1 saturated heterocycles. The van der Waals surface area contributed by atoms with Crippen LogP contribution in [0.15, 0.2) is 18.2 Å². The molecule has 35 heavy (non-hydrogen) atoms. The third kappa shape index (κ3) is 6.94. The number of carbonyl (C=O) groups is 2. The van der Waals surface area contributed by atoms with Gasteiger partial charge in [0.05, 0.1) is 13.2 Å². The highest BCUT2D eigenvalue weighted by atomic mass is 19.1. The molecule has 1 aromatic heterocycles. The molecular weight excluding hydrogens is 459 g/mol. The Balaban J connectivity index is 1.87. The minimum Gasteiger partial charge on any atom is -0.497 e. The zero-order valence-corrected chi connectivity index (χ0v) is 21.0. The molecule has 2 heterocycles. The summed E-state index contributed by atoms with van der Waals surface area (Å²) >= 11 is 0. The Morgan fingerprint density at radius 1 is 1.23 bits per heavy atom. The van der Waals surface area contributed by atoms with Crippen molar-refractivity contribution in [2.75, 3.05) is 13.7 Å². The first-order valence-electron chi connectivity index (χ1n) is 11.6. The maximum absolute atomic E-state index is 14.7. The number of hydrogen-bond donors (Lipinski definition) is 0. The molecule has 0 radical (unpaired) electrons. The Kier molecular flexibility index (Phi) is 8.71. The number of aromatic nitrogens is 2. The van der Waals surface area contributed by atoms with Crippen molar-refractivity contribution in [2.45, 2.75) is 78.4 Å². The largest absolute Gasteiger partial charge is 0.497 e. The van der Waals surface area contributed by atoms with E-state index in [1.165, 1.54) is 27.0 Å². The Morgan fingerprint density at radius 2 is 1.97 bits per heavy atom. The number of nitrogens with zero attached hydrogens (tertiary/aromatic N) is 2. The topological polar surface area (TPSA) is 98.1 Å². The summed E-state index contributed by atoms with van der Waals surface area (Å²) in [5.41, 5.74) is 2.03. The van der Waals surface area contributed by atoms with Crippen LogP contribution in [0, 0.1) is 12.7 Å². The molecule has 0 spiro atoms. The van der Waals surface area contributed by atoms with E-state index in [-0.39, 0.29) is 25.5 Å². The molecule has 1 aromatic carbocycles. The standard InChI is InChI=1S/C25H33FN2O7/c1-14(2)28-15(3)22(9-18-7-8-19(31-6)11-23(18)26)25(27-28)35-24-12-20(33-17(5)30)10-21(34-24)13-32-16(4)29/h7-8,11,14,20-21,24H,9-10,12-13H2,1-6H3/t20?,21?,24-/m0/s1. The van der Waals surface area contributed by atoms with Gasteiger partial charge in [-0.25, -0.2) is 4.39 Å². The fourth-order valence-corrected chi connectivity index (χ4v) is 4.09. The number of benzene rings is 1. The molecule has 2 unspecified atom stereocenters. The monoisotopic (exact) mass is 492 g/mol. The molecule has 3 rings (SSSR count). The summed E-state index contributed by atoms with van der Waals surface area (Å²) in [6.45, 7) is 8.54. The molecule has 3 atom stereocenters. The number of hydrogen-bond acceptors (Lipinski definition) is 8. The Morgan fingerprint density at radius 3 is 2.57 bits per heavy atom. The number of ether oxygens (including phenoxy) is 5. The lowest BCUT2D eigenvalue weighted by atomic mass is 10.0. The third-order valence-corrected chi connectivity index (χ3v) is 5.73. The van der Waals surface area contributed by atoms with Gasteiger partial charge >= 0.3 is 11.9 Å². The molecule has 0 amide bonds. The maximum atomic E-state index is 14.7. The molecule has 0 N–H and O–H groups in total. The van der Waals surface area contributed by atoms with E-state index < -0.39 is 36.3 Å². The first kappa shape index (κ1) is 26.5. The van der Waals surface area contributed by atoms with Crippen molar-refractivity contribution < 1.29 is 37.7 Å². The van der Waals surface area contributed by atoms with Crippen LogP contribution in [0.3, 0.4) is 0 Å². The highest BCUT2D eigenvalue weighted by Crippen LogP contribution is 2.32. The van der Waals surface area contributed by atoms with Crippen molar-refractivity contribution >= 4 is 11.9 Å². The van der Waals surface area contributed by atoms with Gasteiger partial charge in [-0.2, -0.15) is 0 Å². The average molecular weight is 493 g/mol. The van der Waals surface area contributed by atoms with Crippen LogP contribution in [-0.2, 0) is 30.2 Å². The fourth-order valence-electron chi connectivity index (χ4n) is 4.09. The van der Waals surface area contributed by atoms with Crippen LogP contribution in [0.1, 0.15) is 63.4 Å². The molecule has 0 aliphatic carbocycles. The molecule has 10 heteroatoms. The van der Waals surface area contributed by atoms with E-state index in [2.05, 4.69) is 5.10 Å². The van der Waals surface area contributed by atoms with Gasteiger partial charge in [-0.05, 0) is 32.4 Å². The number of halogens is 1. The highest BCUT2D eigenvalue weighted by Gasteiger charge is 2.34. The van der Waals surface area contributed by atoms with E-state index in [1.54, 1.807) is 12.1 Å². The van der Waals surface area contributed by atoms with E-state index >= 15 is 0 Å². The lowest BCUT2D eigenvalue weighted by Gasteiger charge is -2.34. The molecule has 1 aliphatic heterocycles. The van der Waals surface area contributed by atoms with Crippen molar-refractivity contribution in [1.82, 2.24) is 9.78 Å². The summed E-state index contributed by atoms with van der Waals surface area (Å²) in [5, 5.41) is 4.62. The molecule has 9 nitrogen and oxygen atoms in total. The summed E-state index contributed by atoms with van der Waals surface area (Å²) in [7, 11) is 1.49. The first-order chi connectivity index (χ1) is 16.6. The molecule has 1 fully saturated rings. The van der Waals surface area contributed by atoms with Crippen molar-refractivity contribution in [3.05, 3.63) is 40.8 Å². The number of rotatable bonds is 9. The SMILES string of the molecule is COc1ccc(Cc2c(O[C@H]3CC(OC(C)=O)CC(COC(C)=O)O3)nn(C(C)C)c2C)c(F)c1. The van der Waals surface area contributed by atoms with Gasteiger partial charge in [-0.15, -0.1) is 5.10 Å². The van der Waals surface area contributed by atoms with Gasteiger partial charge in [-0.3, -0.25) is 14.3 Å². The average Bonchev–Trinajstić information content (AvgIpc) is 3.08. The summed E-state index contributed by atoms with van der Waals surface area (Å²) in [6, 6.07) is 4.76. The van der Waals surface area contributed by atoms with Crippen LogP contribution in [0.4, 0.5) is 4.39 Å². The third-order valence-electron chi connectivity index (χ3n) is 5.73. The molecule has 192 valence electrons. The van der Waals surface area contributed by atoms with E-state index in [0.717, 1.165) is 11.3 Å². The molecule has 0 bridgehead atoms. The van der Waals surface area contributed by atoms with Gasteiger partial charge in [0.25, 0.3) is 0 Å². The molecule has 0 saturated carbocycles. The number of esters is 2. The lowest BCUT2D eigenvalue weighted by molar-refractivity contribution is -0.202. The van der Waals surface area contributed by atoms with Crippen LogP contribution in [0.2, 0.25) is 0 Å². The van der Waals surface area contributed by atoms with Gasteiger partial charge in [-0.1, -0.05) is 6.07 Å². The van der Waals surface area contributed by atoms with Gasteiger partial charge in [0.2, 0.25) is 12.2 Å². The Labute approximate surface area is 204 Å². The normalized spacial score (nSPS) is 19.9. The molecule has 1 aliphatic rings. The summed E-state index contributed by atoms with van der Waals surface area (Å²) < 4.78 is 44.3.